The molecule has 1 N–H and O–H groups in total. The lowest BCUT2D eigenvalue weighted by Gasteiger charge is -2.13. The number of phenolic OH excluding ortho intramolecular Hbond substituents is 1. The molecule has 0 radical (unpaired) electrons. The quantitative estimate of drug-likeness (QED) is 0.904. The van der Waals surface area contributed by atoms with Crippen LogP contribution in [0, 0.1) is 0 Å². The lowest BCUT2D eigenvalue weighted by atomic mass is 10.1. The van der Waals surface area contributed by atoms with Crippen LogP contribution in [0.15, 0.2) is 16.6 Å². The zero-order valence-electron chi connectivity index (χ0n) is 9.96. The molecule has 3 nitrogen and oxygen atoms in total. The van der Waals surface area contributed by atoms with Gasteiger partial charge in [0.05, 0.1) is 7.11 Å². The molecule has 0 aromatic heterocycles. The number of aromatic hydroxyl groups is 1. The van der Waals surface area contributed by atoms with Crippen molar-refractivity contribution in [2.45, 2.75) is 12.8 Å². The number of methoxy groups -OCH3 is 1. The van der Waals surface area contributed by atoms with Gasteiger partial charge in [-0.1, -0.05) is 15.9 Å². The van der Waals surface area contributed by atoms with Crippen molar-refractivity contribution in [3.8, 4) is 11.5 Å². The predicted molar refractivity (Wildman–Crippen MR) is 69.2 cm³/mol. The highest BCUT2D eigenvalue weighted by Crippen LogP contribution is 2.35. The van der Waals surface area contributed by atoms with Crippen molar-refractivity contribution in [1.82, 2.24) is 4.90 Å². The van der Waals surface area contributed by atoms with Crippen molar-refractivity contribution in [2.24, 2.45) is 0 Å². The molecule has 0 bridgehead atoms. The largest absolute Gasteiger partial charge is 0.504 e. The molecule has 1 aromatic rings. The van der Waals surface area contributed by atoms with Crippen LogP contribution in [-0.2, 0) is 6.42 Å². The molecule has 1 rings (SSSR count). The van der Waals surface area contributed by atoms with Crippen molar-refractivity contribution in [1.29, 1.82) is 0 Å². The molecule has 0 aliphatic carbocycles. The highest BCUT2D eigenvalue weighted by atomic mass is 79.9. The maximum Gasteiger partial charge on any atom is 0.162 e. The summed E-state index contributed by atoms with van der Waals surface area (Å²) in [5.41, 5.74) is 0.918. The summed E-state index contributed by atoms with van der Waals surface area (Å²) < 4.78 is 6.02. The Hall–Kier alpha value is -0.740. The van der Waals surface area contributed by atoms with Crippen LogP contribution < -0.4 is 4.74 Å². The molecular formula is C12H18BrNO2. The highest BCUT2D eigenvalue weighted by molar-refractivity contribution is 9.10. The van der Waals surface area contributed by atoms with Gasteiger partial charge >= 0.3 is 0 Å². The third-order valence-electron chi connectivity index (χ3n) is 2.44. The van der Waals surface area contributed by atoms with Crippen LogP contribution in [0.3, 0.4) is 0 Å². The molecule has 0 aliphatic heterocycles. The maximum atomic E-state index is 9.97. The molecule has 0 saturated heterocycles. The predicted octanol–water partition coefficient (Wildman–Crippen LogP) is 2.66. The minimum Gasteiger partial charge on any atom is -0.504 e. The molecule has 16 heavy (non-hydrogen) atoms. The normalized spacial score (nSPS) is 10.8. The number of hydrogen-bond acceptors (Lipinski definition) is 3. The van der Waals surface area contributed by atoms with Crippen molar-refractivity contribution in [3.05, 3.63) is 22.2 Å². The molecule has 4 heteroatoms. The molecule has 0 heterocycles. The second-order valence-corrected chi connectivity index (χ2v) is 4.84. The van der Waals surface area contributed by atoms with E-state index in [1.54, 1.807) is 13.2 Å². The first kappa shape index (κ1) is 13.3. The maximum absolute atomic E-state index is 9.97. The Kier molecular flexibility index (Phi) is 5.09. The second-order valence-electron chi connectivity index (χ2n) is 3.98. The summed E-state index contributed by atoms with van der Waals surface area (Å²) in [7, 11) is 5.65. The average Bonchev–Trinajstić information content (AvgIpc) is 2.23. The van der Waals surface area contributed by atoms with E-state index in [0.717, 1.165) is 29.4 Å². The van der Waals surface area contributed by atoms with E-state index in [2.05, 4.69) is 20.8 Å². The molecule has 0 amide bonds. The Balaban J connectivity index is 2.77. The Morgan fingerprint density at radius 3 is 2.62 bits per heavy atom. The fourth-order valence-corrected chi connectivity index (χ4v) is 2.08. The molecule has 0 fully saturated rings. The lowest BCUT2D eigenvalue weighted by molar-refractivity contribution is 0.367. The first-order chi connectivity index (χ1) is 7.56. The minimum atomic E-state index is 0.246. The Labute approximate surface area is 105 Å². The van der Waals surface area contributed by atoms with E-state index >= 15 is 0 Å². The zero-order chi connectivity index (χ0) is 12.1. The third-order valence-corrected chi connectivity index (χ3v) is 3.18. The van der Waals surface area contributed by atoms with Crippen LogP contribution in [0.1, 0.15) is 12.0 Å². The molecule has 1 aromatic carbocycles. The fraction of sp³-hybridized carbons (Fsp3) is 0.500. The van der Waals surface area contributed by atoms with Gasteiger partial charge in [0, 0.05) is 10.0 Å². The van der Waals surface area contributed by atoms with Crippen LogP contribution in [0.5, 0.6) is 11.5 Å². The number of benzene rings is 1. The SMILES string of the molecule is COc1ccc(Br)c(CCCN(C)C)c1O. The van der Waals surface area contributed by atoms with Crippen LogP contribution in [0.25, 0.3) is 0 Å². The summed E-state index contributed by atoms with van der Waals surface area (Å²) in [5, 5.41) is 9.97. The van der Waals surface area contributed by atoms with Gasteiger partial charge in [0.25, 0.3) is 0 Å². The third kappa shape index (κ3) is 3.39. The first-order valence-corrected chi connectivity index (χ1v) is 6.04. The Bertz CT molecular complexity index is 353. The number of ether oxygens (including phenoxy) is 1. The van der Waals surface area contributed by atoms with E-state index in [0.29, 0.717) is 5.75 Å². The summed E-state index contributed by atoms with van der Waals surface area (Å²) in [6, 6.07) is 3.67. The van der Waals surface area contributed by atoms with Gasteiger partial charge in [-0.15, -0.1) is 0 Å². The standard InChI is InChI=1S/C12H18BrNO2/c1-14(2)8-4-5-9-10(13)6-7-11(16-3)12(9)15/h6-7,15H,4-5,8H2,1-3H3. The molecule has 0 saturated carbocycles. The zero-order valence-corrected chi connectivity index (χ0v) is 11.5. The number of nitrogens with zero attached hydrogens (tertiary/aromatic N) is 1. The van der Waals surface area contributed by atoms with Crippen LogP contribution in [0.4, 0.5) is 0 Å². The number of rotatable bonds is 5. The van der Waals surface area contributed by atoms with Gasteiger partial charge < -0.3 is 14.7 Å². The van der Waals surface area contributed by atoms with Crippen molar-refractivity contribution < 1.29 is 9.84 Å². The molecule has 0 aliphatic rings. The topological polar surface area (TPSA) is 32.7 Å². The van der Waals surface area contributed by atoms with Crippen LogP contribution in [-0.4, -0.2) is 37.8 Å². The first-order valence-electron chi connectivity index (χ1n) is 5.25. The van der Waals surface area contributed by atoms with Crippen LogP contribution in [0.2, 0.25) is 0 Å². The van der Waals surface area contributed by atoms with Gasteiger partial charge in [0.2, 0.25) is 0 Å². The van der Waals surface area contributed by atoms with Gasteiger partial charge in [-0.2, -0.15) is 0 Å². The van der Waals surface area contributed by atoms with Gasteiger partial charge in [-0.25, -0.2) is 0 Å². The van der Waals surface area contributed by atoms with Gasteiger partial charge in [-0.3, -0.25) is 0 Å². The summed E-state index contributed by atoms with van der Waals surface area (Å²) in [5.74, 6) is 0.777. The summed E-state index contributed by atoms with van der Waals surface area (Å²) >= 11 is 3.45. The van der Waals surface area contributed by atoms with E-state index in [4.69, 9.17) is 4.74 Å². The van der Waals surface area contributed by atoms with E-state index in [-0.39, 0.29) is 5.75 Å². The highest BCUT2D eigenvalue weighted by Gasteiger charge is 2.11. The van der Waals surface area contributed by atoms with Gasteiger partial charge in [0.1, 0.15) is 0 Å². The van der Waals surface area contributed by atoms with Gasteiger partial charge in [0.15, 0.2) is 11.5 Å². The fourth-order valence-electron chi connectivity index (χ4n) is 1.56. The number of phenols is 1. The molecule has 0 unspecified atom stereocenters. The summed E-state index contributed by atoms with van der Waals surface area (Å²) in [6.45, 7) is 1.00. The summed E-state index contributed by atoms with van der Waals surface area (Å²) in [4.78, 5) is 2.13. The molecule has 90 valence electrons. The van der Waals surface area contributed by atoms with Crippen LogP contribution >= 0.6 is 15.9 Å². The van der Waals surface area contributed by atoms with E-state index in [9.17, 15) is 5.11 Å². The Morgan fingerprint density at radius 2 is 2.06 bits per heavy atom. The number of halogens is 1. The number of hydrogen-bond donors (Lipinski definition) is 1. The molecule has 0 atom stereocenters. The Morgan fingerprint density at radius 1 is 1.38 bits per heavy atom. The second kappa shape index (κ2) is 6.11. The smallest absolute Gasteiger partial charge is 0.162 e. The summed E-state index contributed by atoms with van der Waals surface area (Å²) in [6.07, 6.45) is 1.84. The van der Waals surface area contributed by atoms with E-state index < -0.39 is 0 Å². The van der Waals surface area contributed by atoms with Crippen molar-refractivity contribution >= 4 is 15.9 Å². The monoisotopic (exact) mass is 287 g/mol. The van der Waals surface area contributed by atoms with Crippen molar-refractivity contribution in [2.75, 3.05) is 27.7 Å². The minimum absolute atomic E-state index is 0.246. The van der Waals surface area contributed by atoms with Crippen molar-refractivity contribution in [3.63, 3.8) is 0 Å². The van der Waals surface area contributed by atoms with E-state index in [1.807, 2.05) is 20.2 Å². The average molecular weight is 288 g/mol. The molecular weight excluding hydrogens is 270 g/mol. The van der Waals surface area contributed by atoms with Gasteiger partial charge in [-0.05, 0) is 45.6 Å². The molecule has 0 spiro atoms. The lowest BCUT2D eigenvalue weighted by Crippen LogP contribution is -2.13. The van der Waals surface area contributed by atoms with E-state index in [1.165, 1.54) is 0 Å².